The van der Waals surface area contributed by atoms with Crippen molar-refractivity contribution in [2.24, 2.45) is 0 Å². The maximum Gasteiger partial charge on any atom is 0.363 e. The topological polar surface area (TPSA) is 70.5 Å². The smallest absolute Gasteiger partial charge is 0.268 e. The Morgan fingerprint density at radius 2 is 1.85 bits per heavy atom. The number of hydrogen-bond acceptors (Lipinski definition) is 4. The first-order valence-corrected chi connectivity index (χ1v) is 7.18. The van der Waals surface area contributed by atoms with Crippen LogP contribution in [0.2, 0.25) is 0 Å². The summed E-state index contributed by atoms with van der Waals surface area (Å²) in [6.07, 6.45) is 4.43. The van der Waals surface area contributed by atoms with Crippen LogP contribution < -0.4 is 5.69 Å². The molecule has 0 atom stereocenters. The fourth-order valence-corrected chi connectivity index (χ4v) is 2.90. The molecule has 0 N–H and O–H groups in total. The standard InChI is InChI=1S/C13H20N6O/c1-10-9-11(2)17(14-10)7-8-18-13(20)19(16-15-18)12-5-3-4-6-12/h9,12H,3-8H2,1-2H3. The van der Waals surface area contributed by atoms with E-state index in [9.17, 15) is 4.79 Å². The van der Waals surface area contributed by atoms with Crippen LogP contribution in [-0.4, -0.2) is 29.6 Å². The van der Waals surface area contributed by atoms with Crippen molar-refractivity contribution in [3.8, 4) is 0 Å². The van der Waals surface area contributed by atoms with Gasteiger partial charge in [-0.15, -0.1) is 0 Å². The van der Waals surface area contributed by atoms with Crippen LogP contribution in [0.1, 0.15) is 43.1 Å². The first kappa shape index (κ1) is 13.1. The third-order valence-corrected chi connectivity index (χ3v) is 3.96. The predicted molar refractivity (Wildman–Crippen MR) is 73.5 cm³/mol. The van der Waals surface area contributed by atoms with E-state index in [-0.39, 0.29) is 11.7 Å². The fourth-order valence-electron chi connectivity index (χ4n) is 2.90. The highest BCUT2D eigenvalue weighted by atomic mass is 16.2. The molecule has 0 unspecified atom stereocenters. The minimum atomic E-state index is -0.0987. The number of aromatic nitrogens is 6. The van der Waals surface area contributed by atoms with Gasteiger partial charge >= 0.3 is 5.69 Å². The van der Waals surface area contributed by atoms with Gasteiger partial charge in [0.15, 0.2) is 0 Å². The van der Waals surface area contributed by atoms with Gasteiger partial charge in [0.1, 0.15) is 0 Å². The van der Waals surface area contributed by atoms with E-state index in [4.69, 9.17) is 0 Å². The zero-order valence-electron chi connectivity index (χ0n) is 12.0. The molecule has 3 rings (SSSR count). The maximum atomic E-state index is 12.2. The summed E-state index contributed by atoms with van der Waals surface area (Å²) in [7, 11) is 0. The summed E-state index contributed by atoms with van der Waals surface area (Å²) in [6, 6.07) is 2.27. The van der Waals surface area contributed by atoms with Gasteiger partial charge in [-0.1, -0.05) is 12.8 Å². The second-order valence-corrected chi connectivity index (χ2v) is 5.52. The van der Waals surface area contributed by atoms with Gasteiger partial charge in [-0.05, 0) is 43.2 Å². The second kappa shape index (κ2) is 5.22. The molecule has 0 amide bonds. The first-order valence-electron chi connectivity index (χ1n) is 7.18. The minimum Gasteiger partial charge on any atom is -0.268 e. The minimum absolute atomic E-state index is 0.0987. The van der Waals surface area contributed by atoms with Crippen molar-refractivity contribution in [2.75, 3.05) is 0 Å². The number of tetrazole rings is 1. The lowest BCUT2D eigenvalue weighted by Gasteiger charge is -2.05. The van der Waals surface area contributed by atoms with Crippen molar-refractivity contribution in [2.45, 2.75) is 58.7 Å². The molecular formula is C13H20N6O. The van der Waals surface area contributed by atoms with E-state index in [0.717, 1.165) is 24.2 Å². The van der Waals surface area contributed by atoms with Crippen molar-refractivity contribution in [1.82, 2.24) is 29.6 Å². The van der Waals surface area contributed by atoms with Crippen LogP contribution in [0.25, 0.3) is 0 Å². The molecule has 2 aromatic heterocycles. The molecule has 2 heterocycles. The van der Waals surface area contributed by atoms with Gasteiger partial charge < -0.3 is 0 Å². The molecule has 1 saturated carbocycles. The molecule has 1 fully saturated rings. The SMILES string of the molecule is Cc1cc(C)n(CCn2nnn(C3CCCC3)c2=O)n1. The average molecular weight is 276 g/mol. The Bertz CT molecular complexity index is 646. The van der Waals surface area contributed by atoms with Crippen LogP contribution in [0, 0.1) is 13.8 Å². The van der Waals surface area contributed by atoms with Crippen LogP contribution in [0.3, 0.4) is 0 Å². The number of hydrogen-bond donors (Lipinski definition) is 0. The van der Waals surface area contributed by atoms with Gasteiger partial charge in [0, 0.05) is 5.69 Å². The van der Waals surface area contributed by atoms with Crippen molar-refractivity contribution in [1.29, 1.82) is 0 Å². The summed E-state index contributed by atoms with van der Waals surface area (Å²) in [5, 5.41) is 12.4. The molecular weight excluding hydrogens is 256 g/mol. The highest BCUT2D eigenvalue weighted by Crippen LogP contribution is 2.27. The van der Waals surface area contributed by atoms with E-state index in [1.165, 1.54) is 17.5 Å². The molecule has 0 bridgehead atoms. The monoisotopic (exact) mass is 276 g/mol. The molecule has 0 aliphatic heterocycles. The van der Waals surface area contributed by atoms with Gasteiger partial charge in [-0.2, -0.15) is 14.5 Å². The van der Waals surface area contributed by atoms with Crippen LogP contribution in [0.5, 0.6) is 0 Å². The van der Waals surface area contributed by atoms with Gasteiger partial charge in [0.05, 0.1) is 24.8 Å². The molecule has 0 aromatic carbocycles. The molecule has 7 heteroatoms. The van der Waals surface area contributed by atoms with Gasteiger partial charge in [0.2, 0.25) is 0 Å². The highest BCUT2D eigenvalue weighted by Gasteiger charge is 2.21. The lowest BCUT2D eigenvalue weighted by molar-refractivity contribution is 0.439. The van der Waals surface area contributed by atoms with Crippen molar-refractivity contribution >= 4 is 0 Å². The Balaban J connectivity index is 1.72. The maximum absolute atomic E-state index is 12.2. The molecule has 1 aliphatic carbocycles. The first-order chi connectivity index (χ1) is 9.65. The van der Waals surface area contributed by atoms with Crippen LogP contribution in [0.15, 0.2) is 10.9 Å². The van der Waals surface area contributed by atoms with E-state index in [1.807, 2.05) is 24.6 Å². The number of aryl methyl sites for hydroxylation is 4. The normalized spacial score (nSPS) is 16.1. The Morgan fingerprint density at radius 3 is 2.50 bits per heavy atom. The summed E-state index contributed by atoms with van der Waals surface area (Å²) < 4.78 is 4.89. The lowest BCUT2D eigenvalue weighted by Crippen LogP contribution is -2.29. The van der Waals surface area contributed by atoms with Crippen molar-refractivity contribution in [3.63, 3.8) is 0 Å². The molecule has 1 aliphatic rings. The molecule has 20 heavy (non-hydrogen) atoms. The van der Waals surface area contributed by atoms with Gasteiger partial charge in [0.25, 0.3) is 0 Å². The zero-order chi connectivity index (χ0) is 14.1. The molecule has 2 aromatic rings. The van der Waals surface area contributed by atoms with Gasteiger partial charge in [-0.25, -0.2) is 4.79 Å². The molecule has 108 valence electrons. The quantitative estimate of drug-likeness (QED) is 0.837. The third kappa shape index (κ3) is 2.39. The van der Waals surface area contributed by atoms with Gasteiger partial charge in [-0.3, -0.25) is 4.68 Å². The summed E-state index contributed by atoms with van der Waals surface area (Å²) in [5.41, 5.74) is 1.99. The average Bonchev–Trinajstić information content (AvgIpc) is 3.09. The second-order valence-electron chi connectivity index (χ2n) is 5.52. The number of nitrogens with zero attached hydrogens (tertiary/aromatic N) is 6. The summed E-state index contributed by atoms with van der Waals surface area (Å²) >= 11 is 0. The fraction of sp³-hybridized carbons (Fsp3) is 0.692. The van der Waals surface area contributed by atoms with E-state index in [1.54, 1.807) is 4.68 Å². The molecule has 0 spiro atoms. The Hall–Kier alpha value is -1.92. The Labute approximate surface area is 117 Å². The van der Waals surface area contributed by atoms with Crippen LogP contribution in [-0.2, 0) is 13.1 Å². The zero-order valence-corrected chi connectivity index (χ0v) is 12.0. The summed E-state index contributed by atoms with van der Waals surface area (Å²) in [5.74, 6) is 0. The van der Waals surface area contributed by atoms with E-state index >= 15 is 0 Å². The largest absolute Gasteiger partial charge is 0.363 e. The number of rotatable bonds is 4. The lowest BCUT2D eigenvalue weighted by atomic mass is 10.3. The van der Waals surface area contributed by atoms with Crippen LogP contribution >= 0.6 is 0 Å². The summed E-state index contributed by atoms with van der Waals surface area (Å²) in [4.78, 5) is 12.2. The molecule has 7 nitrogen and oxygen atoms in total. The summed E-state index contributed by atoms with van der Waals surface area (Å²) in [6.45, 7) is 5.13. The molecule has 0 radical (unpaired) electrons. The van der Waals surface area contributed by atoms with Crippen LogP contribution in [0.4, 0.5) is 0 Å². The predicted octanol–water partition coefficient (Wildman–Crippen LogP) is 1.07. The van der Waals surface area contributed by atoms with E-state index in [2.05, 4.69) is 15.5 Å². The third-order valence-electron chi connectivity index (χ3n) is 3.96. The Kier molecular flexibility index (Phi) is 3.42. The van der Waals surface area contributed by atoms with E-state index in [0.29, 0.717) is 13.1 Å². The highest BCUT2D eigenvalue weighted by molar-refractivity contribution is 5.06. The van der Waals surface area contributed by atoms with Crippen molar-refractivity contribution in [3.05, 3.63) is 27.9 Å². The molecule has 0 saturated heterocycles. The van der Waals surface area contributed by atoms with E-state index < -0.39 is 0 Å². The van der Waals surface area contributed by atoms with Crippen molar-refractivity contribution < 1.29 is 0 Å². The Morgan fingerprint density at radius 1 is 1.15 bits per heavy atom.